The van der Waals surface area contributed by atoms with Gasteiger partial charge in [0.1, 0.15) is 11.6 Å². The van der Waals surface area contributed by atoms with Gasteiger partial charge in [0.25, 0.3) is 0 Å². The normalized spacial score (nSPS) is 10.5. The van der Waals surface area contributed by atoms with Crippen molar-refractivity contribution in [3.05, 3.63) is 52.6 Å². The summed E-state index contributed by atoms with van der Waals surface area (Å²) >= 11 is 0. The Kier molecular flexibility index (Phi) is 3.98. The van der Waals surface area contributed by atoms with E-state index in [1.54, 1.807) is 26.0 Å². The molecule has 0 radical (unpaired) electrons. The second kappa shape index (κ2) is 5.69. The molecule has 1 aromatic heterocycles. The first-order valence-corrected chi connectivity index (χ1v) is 6.28. The van der Waals surface area contributed by atoms with Crippen LogP contribution >= 0.6 is 0 Å². The van der Waals surface area contributed by atoms with Gasteiger partial charge in [-0.05, 0) is 31.5 Å². The van der Waals surface area contributed by atoms with Crippen molar-refractivity contribution in [1.29, 1.82) is 0 Å². The second-order valence-electron chi connectivity index (χ2n) is 4.70. The summed E-state index contributed by atoms with van der Waals surface area (Å²) in [6.45, 7) is 3.60. The van der Waals surface area contributed by atoms with Gasteiger partial charge in [-0.25, -0.2) is 9.97 Å². The molecular formula is C15H16N2O3. The lowest BCUT2D eigenvalue weighted by molar-refractivity contribution is -0.136. The molecule has 0 spiro atoms. The van der Waals surface area contributed by atoms with Crippen molar-refractivity contribution in [3.8, 4) is 5.75 Å². The van der Waals surface area contributed by atoms with Gasteiger partial charge in [0.2, 0.25) is 0 Å². The fraction of sp³-hybridized carbons (Fsp3) is 0.267. The summed E-state index contributed by atoms with van der Waals surface area (Å²) in [5.41, 5.74) is 3.07. The molecule has 0 saturated heterocycles. The highest BCUT2D eigenvalue weighted by atomic mass is 16.4. The van der Waals surface area contributed by atoms with Crippen LogP contribution in [0.4, 0.5) is 0 Å². The van der Waals surface area contributed by atoms with Crippen molar-refractivity contribution >= 4 is 5.97 Å². The maximum Gasteiger partial charge on any atom is 0.307 e. The molecule has 0 atom stereocenters. The largest absolute Gasteiger partial charge is 0.508 e. The first-order chi connectivity index (χ1) is 9.45. The molecule has 5 nitrogen and oxygen atoms in total. The number of aryl methyl sites for hydroxylation is 2. The van der Waals surface area contributed by atoms with Gasteiger partial charge in [0, 0.05) is 23.4 Å². The number of carbonyl (C=O) groups is 1. The Morgan fingerprint density at radius 1 is 1.10 bits per heavy atom. The lowest BCUT2D eigenvalue weighted by Crippen LogP contribution is -2.10. The molecule has 0 aliphatic rings. The molecule has 1 heterocycles. The summed E-state index contributed by atoms with van der Waals surface area (Å²) in [4.78, 5) is 19.5. The molecule has 0 aliphatic heterocycles. The number of aromatic hydroxyl groups is 1. The Morgan fingerprint density at radius 2 is 1.65 bits per heavy atom. The number of phenols is 1. The van der Waals surface area contributed by atoms with E-state index in [1.165, 1.54) is 0 Å². The monoisotopic (exact) mass is 272 g/mol. The first kappa shape index (κ1) is 14.0. The minimum absolute atomic E-state index is 0.0584. The lowest BCUT2D eigenvalue weighted by Gasteiger charge is -2.09. The molecule has 104 valence electrons. The van der Waals surface area contributed by atoms with Crippen LogP contribution in [0.1, 0.15) is 28.3 Å². The van der Waals surface area contributed by atoms with Crippen molar-refractivity contribution in [3.63, 3.8) is 0 Å². The number of carboxylic acid groups (broad SMARTS) is 1. The molecule has 2 rings (SSSR count). The third-order valence-electron chi connectivity index (χ3n) is 3.09. The molecule has 2 N–H and O–H groups in total. The van der Waals surface area contributed by atoms with E-state index < -0.39 is 5.97 Å². The topological polar surface area (TPSA) is 83.3 Å². The summed E-state index contributed by atoms with van der Waals surface area (Å²) in [6, 6.07) is 6.87. The Labute approximate surface area is 117 Å². The van der Waals surface area contributed by atoms with Gasteiger partial charge in [-0.1, -0.05) is 12.1 Å². The molecule has 0 amide bonds. The van der Waals surface area contributed by atoms with E-state index in [0.29, 0.717) is 29.2 Å². The molecule has 0 saturated carbocycles. The fourth-order valence-corrected chi connectivity index (χ4v) is 2.09. The molecule has 1 aromatic carbocycles. The summed E-state index contributed by atoms with van der Waals surface area (Å²) in [5.74, 6) is -0.00949. The summed E-state index contributed by atoms with van der Waals surface area (Å²) < 4.78 is 0. The third-order valence-corrected chi connectivity index (χ3v) is 3.09. The minimum Gasteiger partial charge on any atom is -0.508 e. The molecular weight excluding hydrogens is 256 g/mol. The predicted octanol–water partition coefficient (Wildman–Crippen LogP) is 2.02. The zero-order chi connectivity index (χ0) is 14.7. The average molecular weight is 272 g/mol. The van der Waals surface area contributed by atoms with Crippen LogP contribution in [-0.4, -0.2) is 26.2 Å². The molecule has 2 aromatic rings. The van der Waals surface area contributed by atoms with Gasteiger partial charge in [0.15, 0.2) is 0 Å². The molecule has 0 bridgehead atoms. The maximum atomic E-state index is 10.8. The van der Waals surface area contributed by atoms with Crippen molar-refractivity contribution in [2.24, 2.45) is 0 Å². The highest BCUT2D eigenvalue weighted by Crippen LogP contribution is 2.15. The van der Waals surface area contributed by atoms with Crippen LogP contribution in [0.25, 0.3) is 0 Å². The van der Waals surface area contributed by atoms with Crippen LogP contribution in [0.2, 0.25) is 0 Å². The smallest absolute Gasteiger partial charge is 0.307 e. The molecule has 20 heavy (non-hydrogen) atoms. The predicted molar refractivity (Wildman–Crippen MR) is 73.8 cm³/mol. The first-order valence-electron chi connectivity index (χ1n) is 6.28. The van der Waals surface area contributed by atoms with Gasteiger partial charge < -0.3 is 10.2 Å². The quantitative estimate of drug-likeness (QED) is 0.889. The van der Waals surface area contributed by atoms with Crippen LogP contribution in [-0.2, 0) is 17.6 Å². The SMILES string of the molecule is Cc1nc(Cc2ccc(O)cc2)nc(C)c1CC(=O)O. The molecule has 0 aliphatic carbocycles. The second-order valence-corrected chi connectivity index (χ2v) is 4.70. The standard InChI is InChI=1S/C15H16N2O3/c1-9-13(8-15(19)20)10(2)17-14(16-9)7-11-3-5-12(18)6-4-11/h3-6,18H,7-8H2,1-2H3,(H,19,20). The summed E-state index contributed by atoms with van der Waals surface area (Å²) in [7, 11) is 0. The number of benzene rings is 1. The fourth-order valence-electron chi connectivity index (χ4n) is 2.09. The number of rotatable bonds is 4. The zero-order valence-corrected chi connectivity index (χ0v) is 11.4. The third kappa shape index (κ3) is 3.32. The van der Waals surface area contributed by atoms with Crippen LogP contribution in [0.3, 0.4) is 0 Å². The van der Waals surface area contributed by atoms with Crippen molar-refractivity contribution in [2.45, 2.75) is 26.7 Å². The molecule has 0 fully saturated rings. The van der Waals surface area contributed by atoms with E-state index in [4.69, 9.17) is 5.11 Å². The molecule has 0 unspecified atom stereocenters. The lowest BCUT2D eigenvalue weighted by atomic mass is 10.1. The van der Waals surface area contributed by atoms with Crippen LogP contribution < -0.4 is 0 Å². The van der Waals surface area contributed by atoms with Gasteiger partial charge in [-0.3, -0.25) is 4.79 Å². The highest BCUT2D eigenvalue weighted by molar-refractivity contribution is 5.70. The summed E-state index contributed by atoms with van der Waals surface area (Å²) in [5, 5.41) is 18.1. The number of phenolic OH excluding ortho intramolecular Hbond substituents is 1. The van der Waals surface area contributed by atoms with Crippen LogP contribution in [0, 0.1) is 13.8 Å². The van der Waals surface area contributed by atoms with Crippen LogP contribution in [0.5, 0.6) is 5.75 Å². The number of aromatic nitrogens is 2. The number of hydrogen-bond donors (Lipinski definition) is 2. The number of carboxylic acids is 1. The van der Waals surface area contributed by atoms with E-state index in [-0.39, 0.29) is 12.2 Å². The van der Waals surface area contributed by atoms with Gasteiger partial charge in [-0.2, -0.15) is 0 Å². The van der Waals surface area contributed by atoms with Crippen molar-refractivity contribution in [2.75, 3.05) is 0 Å². The Balaban J connectivity index is 2.26. The van der Waals surface area contributed by atoms with E-state index in [0.717, 1.165) is 5.56 Å². The van der Waals surface area contributed by atoms with E-state index in [9.17, 15) is 9.90 Å². The number of nitrogens with zero attached hydrogens (tertiary/aromatic N) is 2. The van der Waals surface area contributed by atoms with Gasteiger partial charge in [0.05, 0.1) is 6.42 Å². The minimum atomic E-state index is -0.883. The number of aliphatic carboxylic acids is 1. The van der Waals surface area contributed by atoms with E-state index in [2.05, 4.69) is 9.97 Å². The average Bonchev–Trinajstić information content (AvgIpc) is 2.36. The Hall–Kier alpha value is -2.43. The van der Waals surface area contributed by atoms with E-state index in [1.807, 2.05) is 12.1 Å². The summed E-state index contributed by atoms with van der Waals surface area (Å²) in [6.07, 6.45) is 0.493. The highest BCUT2D eigenvalue weighted by Gasteiger charge is 2.12. The van der Waals surface area contributed by atoms with E-state index >= 15 is 0 Å². The maximum absolute atomic E-state index is 10.8. The number of hydrogen-bond acceptors (Lipinski definition) is 4. The van der Waals surface area contributed by atoms with Gasteiger partial charge in [-0.15, -0.1) is 0 Å². The zero-order valence-electron chi connectivity index (χ0n) is 11.4. The van der Waals surface area contributed by atoms with Crippen LogP contribution in [0.15, 0.2) is 24.3 Å². The van der Waals surface area contributed by atoms with Gasteiger partial charge >= 0.3 is 5.97 Å². The Morgan fingerprint density at radius 3 is 2.15 bits per heavy atom. The van der Waals surface area contributed by atoms with Crippen molar-refractivity contribution in [1.82, 2.24) is 9.97 Å². The molecule has 5 heteroatoms. The Bertz CT molecular complexity index is 613. The van der Waals surface area contributed by atoms with Crippen molar-refractivity contribution < 1.29 is 15.0 Å².